The molecule has 7 heteroatoms. The Morgan fingerprint density at radius 1 is 1.39 bits per heavy atom. The van der Waals surface area contributed by atoms with E-state index in [9.17, 15) is 4.79 Å². The number of aromatic nitrogens is 4. The lowest BCUT2D eigenvalue weighted by atomic mass is 10.00. The minimum Gasteiger partial charge on any atom is -0.325 e. The lowest BCUT2D eigenvalue weighted by Crippen LogP contribution is -2.43. The molecule has 2 aromatic heterocycles. The maximum absolute atomic E-state index is 12.8. The molecule has 0 radical (unpaired) electrons. The highest BCUT2D eigenvalue weighted by molar-refractivity contribution is 7.07. The van der Waals surface area contributed by atoms with Crippen LogP contribution in [0, 0.1) is 5.92 Å². The number of nitrogens with zero attached hydrogens (tertiary/aromatic N) is 5. The molecule has 1 fully saturated rings. The fourth-order valence-electron chi connectivity index (χ4n) is 3.18. The average Bonchev–Trinajstić information content (AvgIpc) is 3.06. The zero-order valence-electron chi connectivity index (χ0n) is 13.5. The summed E-state index contributed by atoms with van der Waals surface area (Å²) in [7, 11) is 0. The van der Waals surface area contributed by atoms with Crippen LogP contribution in [-0.2, 0) is 6.54 Å². The number of hydrogen-bond donors (Lipinski definition) is 0. The molecule has 1 aliphatic carbocycles. The Morgan fingerprint density at radius 2 is 2.22 bits per heavy atom. The third-order valence-corrected chi connectivity index (χ3v) is 5.08. The normalized spacial score (nSPS) is 20.8. The molecule has 4 rings (SSSR count). The molecule has 1 atom stereocenters. The molecule has 0 spiro atoms. The van der Waals surface area contributed by atoms with Crippen molar-refractivity contribution in [3.05, 3.63) is 28.2 Å². The second-order valence-corrected chi connectivity index (χ2v) is 7.56. The predicted octanol–water partition coefficient (Wildman–Crippen LogP) is 2.86. The summed E-state index contributed by atoms with van der Waals surface area (Å²) < 4.78 is 2.02. The molecule has 122 valence electrons. The Bertz CT molecular complexity index is 704. The van der Waals surface area contributed by atoms with Crippen molar-refractivity contribution in [1.82, 2.24) is 24.6 Å². The molecule has 1 saturated carbocycles. The molecule has 2 aromatic rings. The molecule has 0 unspecified atom stereocenters. The third kappa shape index (κ3) is 2.78. The van der Waals surface area contributed by atoms with Gasteiger partial charge in [0.25, 0.3) is 5.91 Å². The summed E-state index contributed by atoms with van der Waals surface area (Å²) in [5.41, 5.74) is 2.25. The number of fused-ring (bicyclic) bond motifs is 1. The summed E-state index contributed by atoms with van der Waals surface area (Å²) in [6, 6.07) is -0.00190. The number of rotatable bonds is 4. The van der Waals surface area contributed by atoms with Gasteiger partial charge in [0, 0.05) is 17.8 Å². The summed E-state index contributed by atoms with van der Waals surface area (Å²) in [6.07, 6.45) is 3.29. The monoisotopic (exact) mass is 331 g/mol. The van der Waals surface area contributed by atoms with E-state index in [0.717, 1.165) is 24.6 Å². The Balaban J connectivity index is 1.67. The summed E-state index contributed by atoms with van der Waals surface area (Å²) in [5, 5.41) is 6.50. The SMILES string of the molecule is CC(C)C[C@H]1c2nc(C3CC3)nn2CCN1C(=O)c1cscn1. The molecule has 0 N–H and O–H groups in total. The first-order chi connectivity index (χ1) is 11.1. The van der Waals surface area contributed by atoms with E-state index < -0.39 is 0 Å². The van der Waals surface area contributed by atoms with Crippen LogP contribution in [0.25, 0.3) is 0 Å². The first kappa shape index (κ1) is 14.8. The van der Waals surface area contributed by atoms with E-state index in [1.165, 1.54) is 24.2 Å². The standard InChI is InChI=1S/C16H21N5OS/c1-10(2)7-13-15-18-14(11-3-4-11)19-21(15)6-5-20(13)16(22)12-8-23-9-17-12/h8-11,13H,3-7H2,1-2H3/t13-/m0/s1. The van der Waals surface area contributed by atoms with Crippen LogP contribution < -0.4 is 0 Å². The number of amides is 1. The second-order valence-electron chi connectivity index (χ2n) is 6.84. The van der Waals surface area contributed by atoms with Gasteiger partial charge in [0.1, 0.15) is 11.5 Å². The Morgan fingerprint density at radius 3 is 2.87 bits per heavy atom. The van der Waals surface area contributed by atoms with Crippen LogP contribution in [0.1, 0.15) is 67.2 Å². The minimum atomic E-state index is -0.00190. The van der Waals surface area contributed by atoms with Crippen molar-refractivity contribution in [2.75, 3.05) is 6.54 Å². The Labute approximate surface area is 139 Å². The van der Waals surface area contributed by atoms with Gasteiger partial charge in [-0.25, -0.2) is 14.6 Å². The summed E-state index contributed by atoms with van der Waals surface area (Å²) >= 11 is 1.46. The van der Waals surface area contributed by atoms with Crippen LogP contribution >= 0.6 is 11.3 Å². The first-order valence-electron chi connectivity index (χ1n) is 8.27. The lowest BCUT2D eigenvalue weighted by Gasteiger charge is -2.35. The van der Waals surface area contributed by atoms with Crippen molar-refractivity contribution in [1.29, 1.82) is 0 Å². The topological polar surface area (TPSA) is 63.9 Å². The van der Waals surface area contributed by atoms with E-state index in [4.69, 9.17) is 4.98 Å². The molecule has 23 heavy (non-hydrogen) atoms. The molecule has 0 aromatic carbocycles. The van der Waals surface area contributed by atoms with Crippen molar-refractivity contribution in [3.63, 3.8) is 0 Å². The van der Waals surface area contributed by atoms with Gasteiger partial charge in [-0.1, -0.05) is 13.8 Å². The van der Waals surface area contributed by atoms with Crippen LogP contribution in [0.15, 0.2) is 10.9 Å². The van der Waals surface area contributed by atoms with Gasteiger partial charge in [-0.05, 0) is 25.2 Å². The zero-order chi connectivity index (χ0) is 16.0. The van der Waals surface area contributed by atoms with Gasteiger partial charge in [-0.3, -0.25) is 4.79 Å². The van der Waals surface area contributed by atoms with E-state index in [1.807, 2.05) is 15.0 Å². The quantitative estimate of drug-likeness (QED) is 0.864. The molecule has 1 aliphatic heterocycles. The molecular weight excluding hydrogens is 310 g/mol. The molecule has 2 aliphatic rings. The first-order valence-corrected chi connectivity index (χ1v) is 9.21. The smallest absolute Gasteiger partial charge is 0.274 e. The Hall–Kier alpha value is -1.76. The molecule has 0 saturated heterocycles. The van der Waals surface area contributed by atoms with E-state index in [-0.39, 0.29) is 11.9 Å². The largest absolute Gasteiger partial charge is 0.325 e. The van der Waals surface area contributed by atoms with Crippen LogP contribution in [0.3, 0.4) is 0 Å². The highest BCUT2D eigenvalue weighted by atomic mass is 32.1. The Kier molecular flexibility index (Phi) is 3.67. The molecule has 3 heterocycles. The van der Waals surface area contributed by atoms with Crippen molar-refractivity contribution in [2.45, 2.75) is 51.6 Å². The molecule has 1 amide bonds. The summed E-state index contributed by atoms with van der Waals surface area (Å²) in [6.45, 7) is 5.76. The van der Waals surface area contributed by atoms with Crippen LogP contribution in [-0.4, -0.2) is 37.1 Å². The maximum atomic E-state index is 12.8. The highest BCUT2D eigenvalue weighted by Crippen LogP contribution is 2.40. The van der Waals surface area contributed by atoms with Gasteiger partial charge in [0.05, 0.1) is 18.1 Å². The van der Waals surface area contributed by atoms with Gasteiger partial charge >= 0.3 is 0 Å². The number of carbonyl (C=O) groups is 1. The lowest BCUT2D eigenvalue weighted by molar-refractivity contribution is 0.0573. The fourth-order valence-corrected chi connectivity index (χ4v) is 3.71. The van der Waals surface area contributed by atoms with E-state index in [0.29, 0.717) is 24.1 Å². The van der Waals surface area contributed by atoms with Gasteiger partial charge in [0.15, 0.2) is 5.82 Å². The van der Waals surface area contributed by atoms with Crippen LogP contribution in [0.4, 0.5) is 0 Å². The fraction of sp³-hybridized carbons (Fsp3) is 0.625. The number of thiazole rings is 1. The van der Waals surface area contributed by atoms with Crippen LogP contribution in [0.2, 0.25) is 0 Å². The van der Waals surface area contributed by atoms with Crippen LogP contribution in [0.5, 0.6) is 0 Å². The van der Waals surface area contributed by atoms with E-state index in [2.05, 4.69) is 23.9 Å². The van der Waals surface area contributed by atoms with Gasteiger partial charge in [0.2, 0.25) is 0 Å². The van der Waals surface area contributed by atoms with Gasteiger partial charge in [-0.15, -0.1) is 11.3 Å². The molecule has 6 nitrogen and oxygen atoms in total. The average molecular weight is 331 g/mol. The number of carbonyl (C=O) groups excluding carboxylic acids is 1. The third-order valence-electron chi connectivity index (χ3n) is 4.49. The highest BCUT2D eigenvalue weighted by Gasteiger charge is 2.37. The van der Waals surface area contributed by atoms with Crippen molar-refractivity contribution < 1.29 is 4.79 Å². The zero-order valence-corrected chi connectivity index (χ0v) is 14.3. The summed E-state index contributed by atoms with van der Waals surface area (Å²) in [5.74, 6) is 2.96. The van der Waals surface area contributed by atoms with Crippen molar-refractivity contribution in [3.8, 4) is 0 Å². The van der Waals surface area contributed by atoms with Crippen molar-refractivity contribution in [2.24, 2.45) is 5.92 Å². The van der Waals surface area contributed by atoms with E-state index in [1.54, 1.807) is 5.51 Å². The maximum Gasteiger partial charge on any atom is 0.274 e. The number of hydrogen-bond acceptors (Lipinski definition) is 5. The summed E-state index contributed by atoms with van der Waals surface area (Å²) in [4.78, 5) is 23.8. The predicted molar refractivity (Wildman–Crippen MR) is 87.3 cm³/mol. The van der Waals surface area contributed by atoms with Gasteiger partial charge < -0.3 is 4.90 Å². The minimum absolute atomic E-state index is 0.00190. The second kappa shape index (κ2) is 5.70. The molecular formula is C16H21N5OS. The molecule has 0 bridgehead atoms. The van der Waals surface area contributed by atoms with Crippen molar-refractivity contribution >= 4 is 17.2 Å². The van der Waals surface area contributed by atoms with Gasteiger partial charge in [-0.2, -0.15) is 5.10 Å². The van der Waals surface area contributed by atoms with E-state index >= 15 is 0 Å².